The Bertz CT molecular complexity index is 1420. The number of nitrogens with one attached hydrogen (secondary N) is 1. The van der Waals surface area contributed by atoms with Crippen LogP contribution < -0.4 is 11.1 Å². The lowest BCUT2D eigenvalue weighted by molar-refractivity contribution is -0.0637. The average Bonchev–Trinajstić information content (AvgIpc) is 3.00. The zero-order valence-corrected chi connectivity index (χ0v) is 27.3. The Labute approximate surface area is 273 Å². The van der Waals surface area contributed by atoms with E-state index in [-0.39, 0.29) is 5.92 Å². The molecule has 0 saturated carbocycles. The molecule has 2 unspecified atom stereocenters. The monoisotopic (exact) mass is 633 g/mol. The molecule has 0 spiro atoms. The number of rotatable bonds is 14. The molecular weight excluding hydrogens is 586 g/mol. The Morgan fingerprint density at radius 2 is 1.54 bits per heavy atom. The van der Waals surface area contributed by atoms with E-state index in [4.69, 9.17) is 5.73 Å². The summed E-state index contributed by atoms with van der Waals surface area (Å²) in [6, 6.07) is 24.5. The van der Waals surface area contributed by atoms with E-state index in [1.54, 1.807) is 32.0 Å². The Morgan fingerprint density at radius 1 is 0.935 bits per heavy atom. The predicted octanol–water partition coefficient (Wildman–Crippen LogP) is 10.2. The largest absolute Gasteiger partial charge is 0.386 e. The van der Waals surface area contributed by atoms with Crippen molar-refractivity contribution in [1.82, 2.24) is 0 Å². The lowest BCUT2D eigenvalue weighted by Crippen LogP contribution is -2.30. The van der Waals surface area contributed by atoms with Crippen molar-refractivity contribution in [3.05, 3.63) is 138 Å². The molecule has 0 heterocycles. The number of anilines is 1. The van der Waals surface area contributed by atoms with Gasteiger partial charge in [0.15, 0.2) is 6.17 Å². The van der Waals surface area contributed by atoms with Gasteiger partial charge in [-0.1, -0.05) is 92.9 Å². The molecule has 0 aliphatic rings. The summed E-state index contributed by atoms with van der Waals surface area (Å²) < 4.78 is 54.5. The van der Waals surface area contributed by atoms with Crippen molar-refractivity contribution in [3.8, 4) is 12.8 Å². The topological polar surface area (TPSA) is 50.4 Å². The van der Waals surface area contributed by atoms with Crippen LogP contribution in [-0.2, 0) is 19.3 Å². The molecule has 0 saturated heterocycles. The molecule has 0 aliphatic carbocycles. The first kappa shape index (κ1) is 39.5. The van der Waals surface area contributed by atoms with Gasteiger partial charge in [0.1, 0.15) is 5.67 Å². The highest BCUT2D eigenvalue weighted by atomic mass is 19.3. The van der Waals surface area contributed by atoms with Crippen molar-refractivity contribution >= 4 is 11.4 Å². The number of allylic oxidation sites excluding steroid dienone is 2. The minimum absolute atomic E-state index is 0.130. The van der Waals surface area contributed by atoms with Crippen LogP contribution in [0.25, 0.3) is 0 Å². The van der Waals surface area contributed by atoms with Crippen molar-refractivity contribution in [2.24, 2.45) is 10.7 Å². The molecule has 0 fully saturated rings. The lowest BCUT2D eigenvalue weighted by Gasteiger charge is -2.21. The Morgan fingerprint density at radius 3 is 2.07 bits per heavy atom. The number of nitrogens with zero attached hydrogens (tertiary/aromatic N) is 1. The molecule has 3 nitrogen and oxygen atoms in total. The minimum atomic E-state index is -3.40. The lowest BCUT2D eigenvalue weighted by atomic mass is 9.86. The van der Waals surface area contributed by atoms with Crippen LogP contribution in [0, 0.1) is 12.8 Å². The van der Waals surface area contributed by atoms with E-state index in [0.717, 1.165) is 41.4 Å². The predicted molar refractivity (Wildman–Crippen MR) is 188 cm³/mol. The minimum Gasteiger partial charge on any atom is -0.386 e. The standard InChI is InChI=1S/C25H28F3N.C12H17FN2.C2H2/c1-4-6-15-24(29-5-2)23(17-20-11-8-7-9-12-20)22-14-10-13-21(16-22)18-25(27,28)19(3)26;1-9(14)15-11-6-4-10(5-7-11)8-12(2,3)13;1-2/h5-16,19,23H,2,4,17-18H2,1,3H3;4-7,15H,1,8,14H2,2-3H3;1-2H/b15-6-,29-24?;;. The van der Waals surface area contributed by atoms with E-state index >= 15 is 0 Å². The van der Waals surface area contributed by atoms with E-state index in [1.807, 2.05) is 79.7 Å². The van der Waals surface area contributed by atoms with E-state index in [2.05, 4.69) is 36.3 Å². The molecule has 246 valence electrons. The van der Waals surface area contributed by atoms with E-state index in [1.165, 1.54) is 6.20 Å². The Balaban J connectivity index is 0.000000522. The summed E-state index contributed by atoms with van der Waals surface area (Å²) in [5.41, 5.74) is 9.27. The van der Waals surface area contributed by atoms with Crippen LogP contribution in [0.15, 0.2) is 121 Å². The highest BCUT2D eigenvalue weighted by Gasteiger charge is 2.37. The van der Waals surface area contributed by atoms with Crippen LogP contribution in [0.5, 0.6) is 0 Å². The third kappa shape index (κ3) is 14.9. The quantitative estimate of drug-likeness (QED) is 0.105. The first-order valence-electron chi connectivity index (χ1n) is 15.1. The summed E-state index contributed by atoms with van der Waals surface area (Å²) in [5.74, 6) is -3.13. The maximum absolute atomic E-state index is 13.9. The Kier molecular flexibility index (Phi) is 16.9. The maximum atomic E-state index is 13.9. The fourth-order valence-corrected chi connectivity index (χ4v) is 4.55. The number of benzene rings is 3. The average molecular weight is 634 g/mol. The van der Waals surface area contributed by atoms with Gasteiger partial charge in [0.25, 0.3) is 5.92 Å². The summed E-state index contributed by atoms with van der Waals surface area (Å²) in [4.78, 5) is 4.45. The molecule has 3 aromatic rings. The molecular formula is C39H47F4N3. The van der Waals surface area contributed by atoms with Crippen molar-refractivity contribution in [2.45, 2.75) is 77.1 Å². The second-order valence-electron chi connectivity index (χ2n) is 11.3. The van der Waals surface area contributed by atoms with E-state index in [0.29, 0.717) is 24.2 Å². The molecule has 3 N–H and O–H groups in total. The van der Waals surface area contributed by atoms with Gasteiger partial charge >= 0.3 is 0 Å². The number of hydrogen-bond donors (Lipinski definition) is 2. The summed E-state index contributed by atoms with van der Waals surface area (Å²) in [6.45, 7) is 13.3. The summed E-state index contributed by atoms with van der Waals surface area (Å²) in [5, 5.41) is 2.88. The van der Waals surface area contributed by atoms with Crippen molar-refractivity contribution in [3.63, 3.8) is 0 Å². The molecule has 2 atom stereocenters. The molecule has 0 amide bonds. The molecule has 0 aliphatic heterocycles. The molecule has 46 heavy (non-hydrogen) atoms. The normalized spacial score (nSPS) is 13.0. The third-order valence-electron chi connectivity index (χ3n) is 6.66. The SMILES string of the molecule is C#C.C=C(N)Nc1ccc(CC(C)(C)F)cc1.C=CN=C(/C=C\CC)C(Cc1ccccc1)c1cccc(CC(F)(F)C(C)F)c1. The van der Waals surface area contributed by atoms with Crippen LogP contribution in [0.4, 0.5) is 23.2 Å². The van der Waals surface area contributed by atoms with Crippen LogP contribution in [0.2, 0.25) is 0 Å². The van der Waals surface area contributed by atoms with E-state index in [9.17, 15) is 17.6 Å². The number of aliphatic imine (C=N–C) groups is 1. The van der Waals surface area contributed by atoms with Gasteiger partial charge in [-0.3, -0.25) is 4.99 Å². The second kappa shape index (κ2) is 19.7. The summed E-state index contributed by atoms with van der Waals surface area (Å²) in [6.07, 6.45) is 12.6. The van der Waals surface area contributed by atoms with Gasteiger partial charge in [0.05, 0.1) is 5.82 Å². The number of terminal acetylenes is 1. The highest BCUT2D eigenvalue weighted by Crippen LogP contribution is 2.30. The van der Waals surface area contributed by atoms with Gasteiger partial charge in [0.2, 0.25) is 0 Å². The molecule has 0 radical (unpaired) electrons. The van der Waals surface area contributed by atoms with Gasteiger partial charge < -0.3 is 11.1 Å². The zero-order chi connectivity index (χ0) is 34.8. The fraction of sp³-hybridized carbons (Fsp3) is 0.308. The summed E-state index contributed by atoms with van der Waals surface area (Å²) in [7, 11) is 0. The maximum Gasteiger partial charge on any atom is 0.282 e. The van der Waals surface area contributed by atoms with Crippen LogP contribution in [0.1, 0.15) is 62.3 Å². The zero-order valence-electron chi connectivity index (χ0n) is 27.3. The highest BCUT2D eigenvalue weighted by molar-refractivity contribution is 6.00. The smallest absolute Gasteiger partial charge is 0.282 e. The summed E-state index contributed by atoms with van der Waals surface area (Å²) >= 11 is 0. The van der Waals surface area contributed by atoms with Gasteiger partial charge in [-0.25, -0.2) is 17.6 Å². The number of hydrogen-bond acceptors (Lipinski definition) is 3. The van der Waals surface area contributed by atoms with Crippen LogP contribution in [-0.4, -0.2) is 23.5 Å². The van der Waals surface area contributed by atoms with Crippen molar-refractivity contribution in [2.75, 3.05) is 5.32 Å². The number of halogens is 4. The fourth-order valence-electron chi connectivity index (χ4n) is 4.55. The number of nitrogens with two attached hydrogens (primary N) is 1. The van der Waals surface area contributed by atoms with Gasteiger partial charge in [-0.05, 0) is 74.1 Å². The van der Waals surface area contributed by atoms with Gasteiger partial charge in [0, 0.05) is 36.4 Å². The van der Waals surface area contributed by atoms with Crippen molar-refractivity contribution < 1.29 is 17.6 Å². The van der Waals surface area contributed by atoms with E-state index < -0.39 is 24.2 Å². The second-order valence-corrected chi connectivity index (χ2v) is 11.3. The first-order valence-corrected chi connectivity index (χ1v) is 15.1. The van der Waals surface area contributed by atoms with Gasteiger partial charge in [-0.2, -0.15) is 0 Å². The molecule has 7 heteroatoms. The molecule has 3 rings (SSSR count). The first-order chi connectivity index (χ1) is 21.7. The van der Waals surface area contributed by atoms with Gasteiger partial charge in [-0.15, -0.1) is 12.8 Å². The van der Waals surface area contributed by atoms with Crippen molar-refractivity contribution in [1.29, 1.82) is 0 Å². The molecule has 0 aromatic heterocycles. The molecule has 3 aromatic carbocycles. The molecule has 0 bridgehead atoms. The van der Waals surface area contributed by atoms with Crippen LogP contribution in [0.3, 0.4) is 0 Å². The third-order valence-corrected chi connectivity index (χ3v) is 6.66. The number of alkyl halides is 4. The Hall–Kier alpha value is -4.57. The van der Waals surface area contributed by atoms with Crippen LogP contribution >= 0.6 is 0 Å².